The number of amides is 1. The Balaban J connectivity index is 1.34. The van der Waals surface area contributed by atoms with Crippen LogP contribution in [-0.2, 0) is 21.4 Å². The molecule has 3 aliphatic heterocycles. The summed E-state index contributed by atoms with van der Waals surface area (Å²) in [4.78, 5) is 16.4. The average molecular weight is 478 g/mol. The van der Waals surface area contributed by atoms with Gasteiger partial charge in [-0.25, -0.2) is 13.2 Å². The molecule has 32 heavy (non-hydrogen) atoms. The van der Waals surface area contributed by atoms with Crippen molar-refractivity contribution in [2.24, 2.45) is 0 Å². The molecule has 2 aromatic carbocycles. The second kappa shape index (κ2) is 8.13. The zero-order chi connectivity index (χ0) is 22.5. The van der Waals surface area contributed by atoms with E-state index in [4.69, 9.17) is 21.1 Å². The number of rotatable bonds is 3. The van der Waals surface area contributed by atoms with Crippen LogP contribution in [0.25, 0.3) is 0 Å². The quantitative estimate of drug-likeness (QED) is 0.673. The number of carbonyl (C=O) groups excluding carboxylic acids is 1. The number of benzene rings is 2. The highest BCUT2D eigenvalue weighted by Crippen LogP contribution is 2.37. The molecule has 0 unspecified atom stereocenters. The number of likely N-dealkylation sites (N-methyl/N-ethyl adjacent to an activating group) is 1. The van der Waals surface area contributed by atoms with E-state index in [0.29, 0.717) is 43.3 Å². The maximum Gasteiger partial charge on any atom is 0.414 e. The van der Waals surface area contributed by atoms with Crippen LogP contribution < -0.4 is 14.5 Å². The van der Waals surface area contributed by atoms with Gasteiger partial charge in [-0.1, -0.05) is 17.7 Å². The van der Waals surface area contributed by atoms with Gasteiger partial charge in [0, 0.05) is 42.8 Å². The summed E-state index contributed by atoms with van der Waals surface area (Å²) in [6.45, 7) is 2.05. The number of halogens is 1. The summed E-state index contributed by atoms with van der Waals surface area (Å²) in [6, 6.07) is 10.3. The molecule has 2 aromatic rings. The Morgan fingerprint density at radius 2 is 1.81 bits per heavy atom. The molecule has 170 valence electrons. The zero-order valence-electron chi connectivity index (χ0n) is 17.7. The fourth-order valence-corrected chi connectivity index (χ4v) is 6.26. The summed E-state index contributed by atoms with van der Waals surface area (Å²) >= 11 is 6.29. The molecule has 5 rings (SSSR count). The molecule has 0 saturated carbocycles. The first-order valence-electron chi connectivity index (χ1n) is 10.6. The highest BCUT2D eigenvalue weighted by Gasteiger charge is 2.37. The molecule has 0 spiro atoms. The van der Waals surface area contributed by atoms with Crippen LogP contribution in [0, 0.1) is 0 Å². The summed E-state index contributed by atoms with van der Waals surface area (Å²) in [6.07, 6.45) is 0.589. The van der Waals surface area contributed by atoms with E-state index in [9.17, 15) is 13.2 Å². The number of fused-ring (bicyclic) bond motifs is 2. The number of hydrogen-bond donors (Lipinski definition) is 0. The number of hydrogen-bond acceptors (Lipinski definition) is 6. The van der Waals surface area contributed by atoms with Crippen molar-refractivity contribution in [1.29, 1.82) is 0 Å². The van der Waals surface area contributed by atoms with Gasteiger partial charge in [-0.3, -0.25) is 4.90 Å². The monoisotopic (exact) mass is 477 g/mol. The molecule has 0 bridgehead atoms. The van der Waals surface area contributed by atoms with Crippen molar-refractivity contribution in [1.82, 2.24) is 4.31 Å². The van der Waals surface area contributed by atoms with E-state index < -0.39 is 16.1 Å². The number of ether oxygens (including phenoxy) is 2. The number of anilines is 2. The van der Waals surface area contributed by atoms with Gasteiger partial charge in [-0.15, -0.1) is 0 Å². The van der Waals surface area contributed by atoms with Crippen LogP contribution >= 0.6 is 11.6 Å². The van der Waals surface area contributed by atoms with E-state index in [2.05, 4.69) is 0 Å². The first-order chi connectivity index (χ1) is 15.4. The maximum absolute atomic E-state index is 13.3. The fourth-order valence-electron chi connectivity index (χ4n) is 4.55. The predicted molar refractivity (Wildman–Crippen MR) is 121 cm³/mol. The maximum atomic E-state index is 13.3. The molecule has 0 N–H and O–H groups in total. The Hall–Kier alpha value is -2.49. The van der Waals surface area contributed by atoms with E-state index in [1.165, 1.54) is 4.31 Å². The highest BCUT2D eigenvalue weighted by atomic mass is 35.5. The number of sulfonamides is 1. The molecule has 0 aromatic heterocycles. The average Bonchev–Trinajstić information content (AvgIpc) is 2.79. The molecule has 10 heteroatoms. The Bertz CT molecular complexity index is 1160. The predicted octanol–water partition coefficient (Wildman–Crippen LogP) is 3.48. The van der Waals surface area contributed by atoms with Crippen molar-refractivity contribution in [2.45, 2.75) is 30.4 Å². The van der Waals surface area contributed by atoms with E-state index in [0.717, 1.165) is 23.5 Å². The molecular formula is C22H24ClN3O5S. The van der Waals surface area contributed by atoms with Gasteiger partial charge in [0.1, 0.15) is 19.0 Å². The van der Waals surface area contributed by atoms with Crippen molar-refractivity contribution in [3.05, 3.63) is 47.0 Å². The molecule has 0 aliphatic carbocycles. The smallest absolute Gasteiger partial charge is 0.414 e. The molecule has 0 radical (unpaired) electrons. The molecule has 1 saturated heterocycles. The van der Waals surface area contributed by atoms with E-state index in [1.807, 2.05) is 24.1 Å². The molecule has 0 atom stereocenters. The Morgan fingerprint density at radius 1 is 1.03 bits per heavy atom. The van der Waals surface area contributed by atoms with Gasteiger partial charge < -0.3 is 14.4 Å². The number of carbonyl (C=O) groups is 1. The highest BCUT2D eigenvalue weighted by molar-refractivity contribution is 7.89. The third kappa shape index (κ3) is 3.58. The first kappa shape index (κ1) is 21.4. The lowest BCUT2D eigenvalue weighted by Gasteiger charge is -2.40. The number of nitrogens with zero attached hydrogens (tertiary/aromatic N) is 3. The van der Waals surface area contributed by atoms with Crippen molar-refractivity contribution >= 4 is 39.1 Å². The van der Waals surface area contributed by atoms with Gasteiger partial charge in [0.25, 0.3) is 0 Å². The standard InChI is InChI=1S/C22H24ClN3O5S/c1-24-11-12-30-21-13-16(5-6-20(21)24)32(28,29)25-9-7-15(8-10-25)26-19-4-2-3-18(23)17(19)14-31-22(26)27/h2-6,13,15H,7-12,14H2,1H3. The van der Waals surface area contributed by atoms with Gasteiger partial charge in [0.15, 0.2) is 0 Å². The number of piperidine rings is 1. The van der Waals surface area contributed by atoms with E-state index >= 15 is 0 Å². The molecule has 1 fully saturated rings. The van der Waals surface area contributed by atoms with Gasteiger partial charge in [0.2, 0.25) is 10.0 Å². The molecule has 3 aliphatic rings. The third-order valence-corrected chi connectivity index (χ3v) is 8.59. The normalized spacial score (nSPS) is 19.8. The van der Waals surface area contributed by atoms with E-state index in [-0.39, 0.29) is 17.5 Å². The van der Waals surface area contributed by atoms with Gasteiger partial charge in [-0.05, 0) is 37.1 Å². The lowest BCUT2D eigenvalue weighted by atomic mass is 10.0. The fraction of sp³-hybridized carbons (Fsp3) is 0.409. The minimum Gasteiger partial charge on any atom is -0.490 e. The van der Waals surface area contributed by atoms with Crippen LogP contribution in [0.3, 0.4) is 0 Å². The summed E-state index contributed by atoms with van der Waals surface area (Å²) in [5.41, 5.74) is 2.41. The largest absolute Gasteiger partial charge is 0.490 e. The van der Waals surface area contributed by atoms with Gasteiger partial charge in [-0.2, -0.15) is 4.31 Å². The third-order valence-electron chi connectivity index (χ3n) is 6.34. The van der Waals surface area contributed by atoms with Crippen LogP contribution in [0.1, 0.15) is 18.4 Å². The van der Waals surface area contributed by atoms with Crippen LogP contribution in [-0.4, -0.2) is 58.1 Å². The van der Waals surface area contributed by atoms with Crippen molar-refractivity contribution < 1.29 is 22.7 Å². The van der Waals surface area contributed by atoms with Crippen LogP contribution in [0.2, 0.25) is 5.02 Å². The van der Waals surface area contributed by atoms with E-state index in [1.54, 1.807) is 29.2 Å². The van der Waals surface area contributed by atoms with Crippen molar-refractivity contribution in [3.63, 3.8) is 0 Å². The molecule has 8 nitrogen and oxygen atoms in total. The Labute approximate surface area is 192 Å². The van der Waals surface area contributed by atoms with Crippen LogP contribution in [0.15, 0.2) is 41.3 Å². The zero-order valence-corrected chi connectivity index (χ0v) is 19.2. The van der Waals surface area contributed by atoms with Gasteiger partial charge >= 0.3 is 6.09 Å². The minimum absolute atomic E-state index is 0.146. The SMILES string of the molecule is CN1CCOc2cc(S(=O)(=O)N3CCC(N4C(=O)OCc5c(Cl)cccc54)CC3)ccc21. The topological polar surface area (TPSA) is 79.4 Å². The van der Waals surface area contributed by atoms with Crippen molar-refractivity contribution in [2.75, 3.05) is 43.1 Å². The molecular weight excluding hydrogens is 454 g/mol. The second-order valence-electron chi connectivity index (χ2n) is 8.20. The molecule has 3 heterocycles. The van der Waals surface area contributed by atoms with Crippen molar-refractivity contribution in [3.8, 4) is 5.75 Å². The number of cyclic esters (lactones) is 1. The summed E-state index contributed by atoms with van der Waals surface area (Å²) in [5, 5.41) is 0.556. The summed E-state index contributed by atoms with van der Waals surface area (Å²) < 4.78 is 39.0. The van der Waals surface area contributed by atoms with Crippen LogP contribution in [0.5, 0.6) is 5.75 Å². The molecule has 1 amide bonds. The lowest BCUT2D eigenvalue weighted by molar-refractivity contribution is 0.136. The lowest BCUT2D eigenvalue weighted by Crippen LogP contribution is -2.50. The van der Waals surface area contributed by atoms with Gasteiger partial charge in [0.05, 0.1) is 22.8 Å². The first-order valence-corrected chi connectivity index (χ1v) is 12.4. The second-order valence-corrected chi connectivity index (χ2v) is 10.5. The van der Waals surface area contributed by atoms with Crippen LogP contribution in [0.4, 0.5) is 16.2 Å². The Kier molecular flexibility index (Phi) is 5.43. The summed E-state index contributed by atoms with van der Waals surface area (Å²) in [5.74, 6) is 0.583. The Morgan fingerprint density at radius 3 is 2.59 bits per heavy atom. The summed E-state index contributed by atoms with van der Waals surface area (Å²) in [7, 11) is -1.71. The minimum atomic E-state index is -3.67.